The van der Waals surface area contributed by atoms with Crippen molar-refractivity contribution in [1.29, 1.82) is 0 Å². The van der Waals surface area contributed by atoms with E-state index in [0.29, 0.717) is 16.0 Å². The van der Waals surface area contributed by atoms with Crippen molar-refractivity contribution in [2.24, 2.45) is 4.99 Å². The highest BCUT2D eigenvalue weighted by Crippen LogP contribution is 2.26. The van der Waals surface area contributed by atoms with Crippen LogP contribution in [0.5, 0.6) is 0 Å². The third-order valence-electron chi connectivity index (χ3n) is 2.47. The van der Waals surface area contributed by atoms with Gasteiger partial charge < -0.3 is 5.11 Å². The maximum atomic E-state index is 11.7. The number of rotatable bonds is 3. The zero-order valence-corrected chi connectivity index (χ0v) is 10.6. The van der Waals surface area contributed by atoms with Gasteiger partial charge in [-0.3, -0.25) is 9.79 Å². The van der Waals surface area contributed by atoms with Crippen LogP contribution in [0.4, 0.5) is 0 Å². The van der Waals surface area contributed by atoms with Gasteiger partial charge in [0.2, 0.25) is 0 Å². The van der Waals surface area contributed by atoms with Gasteiger partial charge in [-0.2, -0.15) is 0 Å². The summed E-state index contributed by atoms with van der Waals surface area (Å²) in [6, 6.07) is 1.74. The Kier molecular flexibility index (Phi) is 3.30. The number of aliphatic carboxylic acids is 1. The molecule has 0 fully saturated rings. The second kappa shape index (κ2) is 4.58. The fraction of sp³-hybridized carbons (Fsp3) is 0.400. The molecule has 0 aromatic carbocycles. The predicted molar refractivity (Wildman–Crippen MR) is 62.8 cm³/mol. The van der Waals surface area contributed by atoms with Crippen molar-refractivity contribution in [1.82, 2.24) is 0 Å². The van der Waals surface area contributed by atoms with E-state index < -0.39 is 15.8 Å². The number of hydrogen-bond donors (Lipinski definition) is 1. The number of carbonyl (C=O) groups is 1. The van der Waals surface area contributed by atoms with Crippen molar-refractivity contribution in [2.75, 3.05) is 12.3 Å². The fourth-order valence-corrected chi connectivity index (χ4v) is 4.59. The average Bonchev–Trinajstić information content (AvgIpc) is 2.56. The lowest BCUT2D eigenvalue weighted by molar-refractivity contribution is -0.136. The van der Waals surface area contributed by atoms with E-state index >= 15 is 0 Å². The van der Waals surface area contributed by atoms with Crippen LogP contribution >= 0.6 is 11.3 Å². The van der Waals surface area contributed by atoms with Crippen molar-refractivity contribution in [3.8, 4) is 0 Å². The van der Waals surface area contributed by atoms with Crippen LogP contribution in [-0.4, -0.2) is 31.8 Å². The summed E-state index contributed by atoms with van der Waals surface area (Å²) in [7, 11) is -3.13. The van der Waals surface area contributed by atoms with Gasteiger partial charge in [0, 0.05) is 5.56 Å². The fourth-order valence-electron chi connectivity index (χ4n) is 1.68. The van der Waals surface area contributed by atoms with E-state index in [1.165, 1.54) is 11.3 Å². The lowest BCUT2D eigenvalue weighted by atomic mass is 10.2. The van der Waals surface area contributed by atoms with Crippen LogP contribution in [0.15, 0.2) is 20.6 Å². The average molecular weight is 273 g/mol. The van der Waals surface area contributed by atoms with Crippen LogP contribution in [-0.2, 0) is 21.1 Å². The second-order valence-corrected chi connectivity index (χ2v) is 6.89. The molecule has 1 aromatic rings. The first kappa shape index (κ1) is 12.3. The molecule has 92 valence electrons. The Labute approximate surface area is 102 Å². The largest absolute Gasteiger partial charge is 0.481 e. The molecular formula is C10H11NO4S2. The quantitative estimate of drug-likeness (QED) is 0.866. The van der Waals surface area contributed by atoms with E-state index in [-0.39, 0.29) is 18.7 Å². The normalized spacial score (nSPS) is 18.0. The number of nitrogens with zero attached hydrogens (tertiary/aromatic N) is 1. The molecule has 1 aliphatic rings. The number of sulfone groups is 1. The smallest absolute Gasteiger partial charge is 0.305 e. The van der Waals surface area contributed by atoms with E-state index in [4.69, 9.17) is 5.11 Å². The molecule has 0 atom stereocenters. The third kappa shape index (κ3) is 2.55. The highest BCUT2D eigenvalue weighted by molar-refractivity contribution is 7.93. The van der Waals surface area contributed by atoms with E-state index in [9.17, 15) is 13.2 Å². The first-order valence-electron chi connectivity index (χ1n) is 5.06. The maximum absolute atomic E-state index is 11.7. The molecule has 17 heavy (non-hydrogen) atoms. The first-order chi connectivity index (χ1) is 8.00. The van der Waals surface area contributed by atoms with Gasteiger partial charge in [0.05, 0.1) is 24.1 Å². The lowest BCUT2D eigenvalue weighted by Gasteiger charge is -1.97. The van der Waals surface area contributed by atoms with Crippen LogP contribution in [0.25, 0.3) is 0 Å². The summed E-state index contributed by atoms with van der Waals surface area (Å²) in [5, 5.41) is 10.8. The van der Waals surface area contributed by atoms with Gasteiger partial charge in [0.25, 0.3) is 0 Å². The SMILES string of the molecule is O=C(O)CCN=c1ccsc2c1CCS2(=O)=O. The standard InChI is InChI=1S/C10H11NO4S2/c12-9(13)1-4-11-8-2-5-16-10-7(8)3-6-17(10,14)15/h2,5H,1,3-4,6H2,(H,12,13). The molecule has 0 aliphatic carbocycles. The molecule has 0 radical (unpaired) electrons. The molecule has 0 spiro atoms. The topological polar surface area (TPSA) is 83.8 Å². The summed E-state index contributed by atoms with van der Waals surface area (Å²) >= 11 is 1.20. The van der Waals surface area contributed by atoms with Crippen LogP contribution in [0.1, 0.15) is 12.0 Å². The Hall–Kier alpha value is -1.21. The summed E-state index contributed by atoms with van der Waals surface area (Å²) in [4.78, 5) is 14.5. The Morgan fingerprint density at radius 2 is 2.29 bits per heavy atom. The summed E-state index contributed by atoms with van der Waals surface area (Å²) in [6.45, 7) is 0.177. The zero-order chi connectivity index (χ0) is 12.5. The van der Waals surface area contributed by atoms with Crippen molar-refractivity contribution in [3.05, 3.63) is 22.4 Å². The van der Waals surface area contributed by atoms with Crippen LogP contribution in [0, 0.1) is 0 Å². The predicted octanol–water partition coefficient (Wildman–Crippen LogP) is 0.453. The van der Waals surface area contributed by atoms with E-state index in [1.54, 1.807) is 11.4 Å². The molecule has 2 rings (SSSR count). The Bertz CT molecular complexity index is 615. The minimum absolute atomic E-state index is 0.0418. The lowest BCUT2D eigenvalue weighted by Crippen LogP contribution is -2.10. The molecule has 2 heterocycles. The number of fused-ring (bicyclic) bond motifs is 1. The summed E-state index contributed by atoms with van der Waals surface area (Å²) in [5.41, 5.74) is 0.739. The monoisotopic (exact) mass is 273 g/mol. The highest BCUT2D eigenvalue weighted by Gasteiger charge is 2.27. The molecule has 0 bridgehead atoms. The van der Waals surface area contributed by atoms with Crippen LogP contribution in [0.2, 0.25) is 0 Å². The van der Waals surface area contributed by atoms with E-state index in [0.717, 1.165) is 5.56 Å². The molecule has 5 nitrogen and oxygen atoms in total. The Morgan fingerprint density at radius 1 is 1.53 bits per heavy atom. The Morgan fingerprint density at radius 3 is 3.00 bits per heavy atom. The van der Waals surface area contributed by atoms with Gasteiger partial charge in [0.15, 0.2) is 9.84 Å². The van der Waals surface area contributed by atoms with Gasteiger partial charge in [0.1, 0.15) is 4.21 Å². The molecular weight excluding hydrogens is 262 g/mol. The second-order valence-electron chi connectivity index (χ2n) is 3.67. The summed E-state index contributed by atoms with van der Waals surface area (Å²) in [5.74, 6) is -0.777. The van der Waals surface area contributed by atoms with Gasteiger partial charge >= 0.3 is 5.97 Å². The first-order valence-corrected chi connectivity index (χ1v) is 7.59. The third-order valence-corrected chi connectivity index (χ3v) is 5.80. The van der Waals surface area contributed by atoms with Crippen molar-refractivity contribution in [3.63, 3.8) is 0 Å². The molecule has 0 unspecified atom stereocenters. The molecule has 0 saturated heterocycles. The zero-order valence-electron chi connectivity index (χ0n) is 8.92. The molecule has 1 aliphatic heterocycles. The summed E-state index contributed by atoms with van der Waals surface area (Å²) < 4.78 is 23.7. The maximum Gasteiger partial charge on any atom is 0.305 e. The van der Waals surface area contributed by atoms with Gasteiger partial charge in [-0.1, -0.05) is 0 Å². The van der Waals surface area contributed by atoms with E-state index in [1.807, 2.05) is 0 Å². The molecule has 0 amide bonds. The molecule has 0 saturated carbocycles. The molecule has 1 N–H and O–H groups in total. The number of carboxylic acids is 1. The minimum Gasteiger partial charge on any atom is -0.481 e. The molecule has 1 aromatic heterocycles. The van der Waals surface area contributed by atoms with Crippen LogP contribution < -0.4 is 5.36 Å². The highest BCUT2D eigenvalue weighted by atomic mass is 32.2. The van der Waals surface area contributed by atoms with Gasteiger partial charge in [-0.15, -0.1) is 11.3 Å². The van der Waals surface area contributed by atoms with Gasteiger partial charge in [-0.25, -0.2) is 8.42 Å². The van der Waals surface area contributed by atoms with Crippen LogP contribution in [0.3, 0.4) is 0 Å². The van der Waals surface area contributed by atoms with Crippen molar-refractivity contribution in [2.45, 2.75) is 17.1 Å². The van der Waals surface area contributed by atoms with E-state index in [2.05, 4.69) is 4.99 Å². The van der Waals surface area contributed by atoms with Crippen molar-refractivity contribution < 1.29 is 18.3 Å². The van der Waals surface area contributed by atoms with Crippen molar-refractivity contribution >= 4 is 27.1 Å². The number of hydrogen-bond acceptors (Lipinski definition) is 5. The number of carboxylic acid groups (broad SMARTS) is 1. The minimum atomic E-state index is -3.13. The van der Waals surface area contributed by atoms with Gasteiger partial charge in [-0.05, 0) is 17.9 Å². The Balaban J connectivity index is 2.39. The molecule has 7 heteroatoms. The summed E-state index contributed by atoms with van der Waals surface area (Å²) in [6.07, 6.45) is 0.431.